The van der Waals surface area contributed by atoms with Crippen molar-refractivity contribution >= 4 is 23.1 Å². The third-order valence-electron chi connectivity index (χ3n) is 7.56. The van der Waals surface area contributed by atoms with Gasteiger partial charge in [0.2, 0.25) is 6.29 Å². The van der Waals surface area contributed by atoms with Gasteiger partial charge in [-0.25, -0.2) is 0 Å². The molecule has 232 valence electrons. The van der Waals surface area contributed by atoms with Crippen molar-refractivity contribution in [2.75, 3.05) is 6.61 Å². The molecule has 6 rings (SSSR count). The van der Waals surface area contributed by atoms with Crippen LogP contribution in [0.1, 0.15) is 11.1 Å². The smallest absolute Gasteiger partial charge is 0.229 e. The van der Waals surface area contributed by atoms with E-state index in [-0.39, 0.29) is 23.0 Å². The number of benzene rings is 4. The zero-order valence-electron chi connectivity index (χ0n) is 23.6. The number of phenols is 4. The third kappa shape index (κ3) is 6.03. The first-order chi connectivity index (χ1) is 21.6. The van der Waals surface area contributed by atoms with Crippen molar-refractivity contribution in [1.29, 1.82) is 0 Å². The van der Waals surface area contributed by atoms with Crippen molar-refractivity contribution in [3.05, 3.63) is 90.0 Å². The number of aromatic hydroxyl groups is 4. The Bertz CT molecular complexity index is 1820. The lowest BCUT2D eigenvalue weighted by atomic mass is 9.97. The van der Waals surface area contributed by atoms with Gasteiger partial charge in [0.15, 0.2) is 0 Å². The second kappa shape index (κ2) is 12.2. The van der Waals surface area contributed by atoms with E-state index < -0.39 is 37.3 Å². The molecular weight excluding hydrogens is 584 g/mol. The van der Waals surface area contributed by atoms with E-state index in [0.717, 1.165) is 5.56 Å². The summed E-state index contributed by atoms with van der Waals surface area (Å²) in [6.45, 7) is -0.563. The van der Waals surface area contributed by atoms with Crippen LogP contribution in [-0.2, 0) is 4.74 Å². The highest BCUT2D eigenvalue weighted by Gasteiger charge is 2.44. The average molecular weight is 615 g/mol. The van der Waals surface area contributed by atoms with Gasteiger partial charge in [-0.2, -0.15) is 0 Å². The van der Waals surface area contributed by atoms with Crippen LogP contribution in [0.2, 0.25) is 0 Å². The molecule has 5 unspecified atom stereocenters. The molecule has 1 aliphatic rings. The van der Waals surface area contributed by atoms with Crippen molar-refractivity contribution in [1.82, 2.24) is 0 Å². The molecule has 11 nitrogen and oxygen atoms in total. The molecule has 11 heteroatoms. The molecule has 4 aromatic carbocycles. The van der Waals surface area contributed by atoms with Gasteiger partial charge >= 0.3 is 0 Å². The van der Waals surface area contributed by atoms with Crippen molar-refractivity contribution in [3.63, 3.8) is 0 Å². The summed E-state index contributed by atoms with van der Waals surface area (Å²) in [5, 5.41) is 81.1. The standard InChI is InChI=1S/C34H30O11/c35-16-27-30(40)31(41)32(42)34(45-27)43-24-9-3-17(4-10-24)1-2-18-11-25(39)29-26(12-18)44-33(19-5-7-21(36)8-6-19)28(29)20-13-22(37)15-23(38)14-20/h1-15,27,30-32,34-42H,16H2. The van der Waals surface area contributed by atoms with E-state index in [1.54, 1.807) is 60.7 Å². The largest absolute Gasteiger partial charge is 0.508 e. The van der Waals surface area contributed by atoms with Gasteiger partial charge in [-0.05, 0) is 77.4 Å². The highest BCUT2D eigenvalue weighted by Crippen LogP contribution is 2.46. The number of fused-ring (bicyclic) bond motifs is 1. The Hall–Kier alpha value is -5.04. The molecule has 0 bridgehead atoms. The quantitative estimate of drug-likeness (QED) is 0.124. The zero-order valence-corrected chi connectivity index (χ0v) is 23.6. The van der Waals surface area contributed by atoms with Crippen LogP contribution >= 0.6 is 0 Å². The predicted octanol–water partition coefficient (Wildman–Crippen LogP) is 3.94. The lowest BCUT2D eigenvalue weighted by molar-refractivity contribution is -0.277. The van der Waals surface area contributed by atoms with Gasteiger partial charge in [0.05, 0.1) is 12.0 Å². The molecule has 8 N–H and O–H groups in total. The van der Waals surface area contributed by atoms with Gasteiger partial charge < -0.3 is 54.7 Å². The molecule has 5 atom stereocenters. The van der Waals surface area contributed by atoms with Crippen LogP contribution in [0.3, 0.4) is 0 Å². The number of ether oxygens (including phenoxy) is 2. The minimum absolute atomic E-state index is 0.0650. The second-order valence-electron chi connectivity index (χ2n) is 10.7. The van der Waals surface area contributed by atoms with Gasteiger partial charge in [-0.3, -0.25) is 0 Å². The van der Waals surface area contributed by atoms with Gasteiger partial charge in [0, 0.05) is 17.2 Å². The van der Waals surface area contributed by atoms with E-state index in [0.29, 0.717) is 44.7 Å². The molecule has 2 heterocycles. The molecule has 0 amide bonds. The SMILES string of the molecule is OCC1OC(Oc2ccc(C=Cc3cc(O)c4c(-c5cc(O)cc(O)c5)c(-c5ccc(O)cc5)oc4c3)cc2)C(O)C(O)C1O. The fourth-order valence-corrected chi connectivity index (χ4v) is 5.30. The summed E-state index contributed by atoms with van der Waals surface area (Å²) in [7, 11) is 0. The summed E-state index contributed by atoms with van der Waals surface area (Å²) in [6, 6.07) is 20.4. The lowest BCUT2D eigenvalue weighted by Crippen LogP contribution is -2.60. The van der Waals surface area contributed by atoms with Crippen molar-refractivity contribution < 1.29 is 54.7 Å². The highest BCUT2D eigenvalue weighted by atomic mass is 16.7. The number of hydrogen-bond acceptors (Lipinski definition) is 11. The molecule has 0 radical (unpaired) electrons. The molecule has 1 saturated heterocycles. The Labute approximate surface area is 256 Å². The average Bonchev–Trinajstić information content (AvgIpc) is 3.41. The molecule has 0 saturated carbocycles. The Kier molecular flexibility index (Phi) is 8.11. The molecule has 0 spiro atoms. The molecular formula is C34H30O11. The Balaban J connectivity index is 1.28. The maximum Gasteiger partial charge on any atom is 0.229 e. The minimum Gasteiger partial charge on any atom is -0.508 e. The second-order valence-corrected chi connectivity index (χ2v) is 10.7. The first kappa shape index (κ1) is 30.0. The summed E-state index contributed by atoms with van der Waals surface area (Å²) < 4.78 is 17.2. The summed E-state index contributed by atoms with van der Waals surface area (Å²) in [4.78, 5) is 0. The fourth-order valence-electron chi connectivity index (χ4n) is 5.30. The van der Waals surface area contributed by atoms with E-state index in [4.69, 9.17) is 13.9 Å². The normalized spacial score (nSPS) is 21.8. The van der Waals surface area contributed by atoms with Crippen molar-refractivity contribution in [2.45, 2.75) is 30.7 Å². The van der Waals surface area contributed by atoms with Gasteiger partial charge in [-0.1, -0.05) is 24.3 Å². The van der Waals surface area contributed by atoms with E-state index >= 15 is 0 Å². The van der Waals surface area contributed by atoms with Gasteiger partial charge in [0.1, 0.15) is 64.5 Å². The monoisotopic (exact) mass is 614 g/mol. The van der Waals surface area contributed by atoms with Crippen LogP contribution in [0.4, 0.5) is 0 Å². The van der Waals surface area contributed by atoms with Crippen LogP contribution in [0.15, 0.2) is 83.3 Å². The molecule has 45 heavy (non-hydrogen) atoms. The molecule has 5 aromatic rings. The molecule has 1 fully saturated rings. The number of aliphatic hydroxyl groups excluding tert-OH is 4. The van der Waals surface area contributed by atoms with Crippen LogP contribution in [-0.4, -0.2) is 78.2 Å². The van der Waals surface area contributed by atoms with Crippen LogP contribution < -0.4 is 4.74 Å². The zero-order chi connectivity index (χ0) is 31.8. The number of phenolic OH excluding ortho intramolecular Hbond substituents is 4. The van der Waals surface area contributed by atoms with E-state index in [2.05, 4.69) is 0 Å². The maximum absolute atomic E-state index is 11.2. The van der Waals surface area contributed by atoms with Crippen molar-refractivity contribution in [3.8, 4) is 51.2 Å². The number of aliphatic hydroxyl groups is 4. The molecule has 1 aromatic heterocycles. The van der Waals surface area contributed by atoms with E-state index in [1.807, 2.05) is 0 Å². The van der Waals surface area contributed by atoms with Gasteiger partial charge in [-0.15, -0.1) is 0 Å². The maximum atomic E-state index is 11.2. The van der Waals surface area contributed by atoms with E-state index in [1.165, 1.54) is 30.3 Å². The summed E-state index contributed by atoms with van der Waals surface area (Å²) in [6.07, 6.45) is -3.40. The summed E-state index contributed by atoms with van der Waals surface area (Å²) >= 11 is 0. The summed E-state index contributed by atoms with van der Waals surface area (Å²) in [5.74, 6) is 0.316. The van der Waals surface area contributed by atoms with Crippen molar-refractivity contribution in [2.24, 2.45) is 0 Å². The Morgan fingerprint density at radius 1 is 0.667 bits per heavy atom. The highest BCUT2D eigenvalue weighted by molar-refractivity contribution is 6.06. The molecule has 0 aliphatic carbocycles. The minimum atomic E-state index is -1.55. The Morgan fingerprint density at radius 2 is 1.33 bits per heavy atom. The number of rotatable bonds is 7. The first-order valence-electron chi connectivity index (χ1n) is 14.0. The number of furan rings is 1. The first-order valence-corrected chi connectivity index (χ1v) is 14.0. The fraction of sp³-hybridized carbons (Fsp3) is 0.176. The molecule has 1 aliphatic heterocycles. The van der Waals surface area contributed by atoms with Crippen LogP contribution in [0, 0.1) is 0 Å². The topological polar surface area (TPSA) is 193 Å². The Morgan fingerprint density at radius 3 is 2.00 bits per heavy atom. The summed E-state index contributed by atoms with van der Waals surface area (Å²) in [5.41, 5.74) is 3.18. The van der Waals surface area contributed by atoms with Crippen LogP contribution in [0.5, 0.6) is 28.7 Å². The third-order valence-corrected chi connectivity index (χ3v) is 7.56. The number of hydrogen-bond donors (Lipinski definition) is 8. The predicted molar refractivity (Wildman–Crippen MR) is 164 cm³/mol. The lowest BCUT2D eigenvalue weighted by Gasteiger charge is -2.39. The van der Waals surface area contributed by atoms with Crippen LogP contribution in [0.25, 0.3) is 45.6 Å². The van der Waals surface area contributed by atoms with Gasteiger partial charge in [0.25, 0.3) is 0 Å². The van der Waals surface area contributed by atoms with E-state index in [9.17, 15) is 40.9 Å².